The van der Waals surface area contributed by atoms with Crippen molar-refractivity contribution in [3.8, 4) is 0 Å². The van der Waals surface area contributed by atoms with E-state index in [2.05, 4.69) is 9.97 Å². The van der Waals surface area contributed by atoms with Crippen molar-refractivity contribution in [3.63, 3.8) is 0 Å². The van der Waals surface area contributed by atoms with Gasteiger partial charge in [0.05, 0.1) is 5.69 Å². The molecule has 1 aromatic heterocycles. The quantitative estimate of drug-likeness (QED) is 0.730. The zero-order valence-electron chi connectivity index (χ0n) is 5.82. The SMILES string of the molecule is CCc1[nH]c(C(=O)Cl)nc1Cl. The van der Waals surface area contributed by atoms with Gasteiger partial charge in [0.15, 0.2) is 11.0 Å². The lowest BCUT2D eigenvalue weighted by Crippen LogP contribution is -1.91. The molecule has 0 fully saturated rings. The molecule has 1 N–H and O–H groups in total. The van der Waals surface area contributed by atoms with Gasteiger partial charge >= 0.3 is 0 Å². The summed E-state index contributed by atoms with van der Waals surface area (Å²) in [6.45, 7) is 1.90. The summed E-state index contributed by atoms with van der Waals surface area (Å²) in [5.74, 6) is 0.105. The van der Waals surface area contributed by atoms with E-state index in [1.54, 1.807) is 0 Å². The molecule has 0 saturated heterocycles. The molecule has 0 aromatic carbocycles. The Bertz CT molecular complexity index is 282. The lowest BCUT2D eigenvalue weighted by Gasteiger charge is -1.86. The average molecular weight is 193 g/mol. The van der Waals surface area contributed by atoms with Gasteiger partial charge in [-0.05, 0) is 18.0 Å². The molecule has 0 aliphatic carbocycles. The summed E-state index contributed by atoms with van der Waals surface area (Å²) in [7, 11) is 0. The maximum absolute atomic E-state index is 10.5. The van der Waals surface area contributed by atoms with Gasteiger partial charge in [-0.25, -0.2) is 4.98 Å². The second-order valence-electron chi connectivity index (χ2n) is 1.98. The van der Waals surface area contributed by atoms with Crippen molar-refractivity contribution in [3.05, 3.63) is 16.7 Å². The van der Waals surface area contributed by atoms with Gasteiger partial charge in [-0.1, -0.05) is 18.5 Å². The molecule has 1 aromatic rings. The molecule has 0 aliphatic heterocycles. The minimum Gasteiger partial charge on any atom is -0.337 e. The third-order valence-electron chi connectivity index (χ3n) is 1.27. The number of nitrogens with zero attached hydrogens (tertiary/aromatic N) is 1. The minimum absolute atomic E-state index is 0.105. The number of aryl methyl sites for hydroxylation is 1. The van der Waals surface area contributed by atoms with Gasteiger partial charge in [0.1, 0.15) is 0 Å². The second-order valence-corrected chi connectivity index (χ2v) is 2.68. The monoisotopic (exact) mass is 192 g/mol. The first-order valence-electron chi connectivity index (χ1n) is 3.09. The molecule has 1 rings (SSSR count). The molecule has 3 nitrogen and oxygen atoms in total. The van der Waals surface area contributed by atoms with Crippen LogP contribution in [0.1, 0.15) is 23.2 Å². The summed E-state index contributed by atoms with van der Waals surface area (Å²) in [5.41, 5.74) is 0.732. The van der Waals surface area contributed by atoms with Crippen molar-refractivity contribution >= 4 is 28.4 Å². The summed E-state index contributed by atoms with van der Waals surface area (Å²) < 4.78 is 0. The van der Waals surface area contributed by atoms with Crippen molar-refractivity contribution in [1.29, 1.82) is 0 Å². The number of carbonyl (C=O) groups excluding carboxylic acids is 1. The van der Waals surface area contributed by atoms with Crippen LogP contribution in [0.4, 0.5) is 0 Å². The topological polar surface area (TPSA) is 45.8 Å². The number of hydrogen-bond donors (Lipinski definition) is 1. The van der Waals surface area contributed by atoms with Crippen LogP contribution in [0.25, 0.3) is 0 Å². The van der Waals surface area contributed by atoms with E-state index in [1.807, 2.05) is 6.92 Å². The minimum atomic E-state index is -0.619. The summed E-state index contributed by atoms with van der Waals surface area (Å²) in [5, 5.41) is -0.303. The molecule has 0 spiro atoms. The fourth-order valence-corrected chi connectivity index (χ4v) is 1.07. The van der Waals surface area contributed by atoms with Crippen molar-refractivity contribution < 1.29 is 4.79 Å². The van der Waals surface area contributed by atoms with Gasteiger partial charge in [-0.3, -0.25) is 4.79 Å². The van der Waals surface area contributed by atoms with E-state index < -0.39 is 5.24 Å². The molecular weight excluding hydrogens is 187 g/mol. The Kier molecular flexibility index (Phi) is 2.52. The van der Waals surface area contributed by atoms with E-state index in [0.29, 0.717) is 11.6 Å². The van der Waals surface area contributed by atoms with Crippen LogP contribution in [0.3, 0.4) is 0 Å². The maximum Gasteiger partial charge on any atom is 0.287 e. The third kappa shape index (κ3) is 1.73. The first kappa shape index (κ1) is 8.56. The predicted octanol–water partition coefficient (Wildman–Crippen LogP) is 2.00. The highest BCUT2D eigenvalue weighted by atomic mass is 35.5. The Balaban J connectivity index is 3.05. The van der Waals surface area contributed by atoms with Crippen LogP contribution in [-0.4, -0.2) is 15.2 Å². The highest BCUT2D eigenvalue weighted by Crippen LogP contribution is 2.13. The van der Waals surface area contributed by atoms with E-state index in [1.165, 1.54) is 0 Å². The molecule has 0 saturated carbocycles. The number of imidazole rings is 1. The van der Waals surface area contributed by atoms with Gasteiger partial charge < -0.3 is 4.98 Å². The van der Waals surface area contributed by atoms with Gasteiger partial charge in [0.2, 0.25) is 0 Å². The predicted molar refractivity (Wildman–Crippen MR) is 43.2 cm³/mol. The Labute approximate surface area is 73.7 Å². The number of aromatic nitrogens is 2. The summed E-state index contributed by atoms with van der Waals surface area (Å²) in [6.07, 6.45) is 0.704. The highest BCUT2D eigenvalue weighted by Gasteiger charge is 2.10. The molecule has 0 amide bonds. The van der Waals surface area contributed by atoms with Crippen molar-refractivity contribution in [2.24, 2.45) is 0 Å². The van der Waals surface area contributed by atoms with Crippen LogP contribution in [0.2, 0.25) is 5.15 Å². The molecule has 0 bridgehead atoms. The molecule has 0 aliphatic rings. The average Bonchev–Trinajstić information content (AvgIpc) is 2.31. The van der Waals surface area contributed by atoms with Gasteiger partial charge in [-0.15, -0.1) is 0 Å². The van der Waals surface area contributed by atoms with Crippen LogP contribution in [0.15, 0.2) is 0 Å². The number of carbonyl (C=O) groups is 1. The van der Waals surface area contributed by atoms with E-state index >= 15 is 0 Å². The number of rotatable bonds is 2. The van der Waals surface area contributed by atoms with Crippen LogP contribution >= 0.6 is 23.2 Å². The smallest absolute Gasteiger partial charge is 0.287 e. The normalized spacial score (nSPS) is 10.1. The van der Waals surface area contributed by atoms with Crippen LogP contribution in [-0.2, 0) is 6.42 Å². The summed E-state index contributed by atoms with van der Waals surface area (Å²) in [6, 6.07) is 0. The third-order valence-corrected chi connectivity index (χ3v) is 1.76. The van der Waals surface area contributed by atoms with E-state index in [0.717, 1.165) is 5.69 Å². The number of aromatic amines is 1. The lowest BCUT2D eigenvalue weighted by atomic mass is 10.4. The van der Waals surface area contributed by atoms with Crippen LogP contribution in [0, 0.1) is 0 Å². The number of H-pyrrole nitrogens is 1. The summed E-state index contributed by atoms with van der Waals surface area (Å²) in [4.78, 5) is 17.0. The van der Waals surface area contributed by atoms with E-state index in [9.17, 15) is 4.79 Å². The van der Waals surface area contributed by atoms with Crippen LogP contribution in [0.5, 0.6) is 0 Å². The van der Waals surface area contributed by atoms with E-state index in [-0.39, 0.29) is 5.82 Å². The van der Waals surface area contributed by atoms with Crippen molar-refractivity contribution in [2.45, 2.75) is 13.3 Å². The number of nitrogens with one attached hydrogen (secondary N) is 1. The zero-order chi connectivity index (χ0) is 8.43. The lowest BCUT2D eigenvalue weighted by molar-refractivity contribution is 0.107. The molecule has 60 valence electrons. The number of hydrogen-bond acceptors (Lipinski definition) is 2. The van der Waals surface area contributed by atoms with Gasteiger partial charge in [-0.2, -0.15) is 0 Å². The van der Waals surface area contributed by atoms with Crippen LogP contribution < -0.4 is 0 Å². The zero-order valence-corrected chi connectivity index (χ0v) is 7.33. The molecule has 0 radical (unpaired) electrons. The van der Waals surface area contributed by atoms with Crippen molar-refractivity contribution in [2.75, 3.05) is 0 Å². The Morgan fingerprint density at radius 3 is 2.64 bits per heavy atom. The highest BCUT2D eigenvalue weighted by molar-refractivity contribution is 6.67. The van der Waals surface area contributed by atoms with Gasteiger partial charge in [0.25, 0.3) is 5.24 Å². The molecular formula is C6H6Cl2N2O. The second kappa shape index (κ2) is 3.24. The summed E-state index contributed by atoms with van der Waals surface area (Å²) >= 11 is 10.8. The molecule has 0 unspecified atom stereocenters. The fraction of sp³-hybridized carbons (Fsp3) is 0.333. The maximum atomic E-state index is 10.5. The molecule has 11 heavy (non-hydrogen) atoms. The largest absolute Gasteiger partial charge is 0.337 e. The Morgan fingerprint density at radius 1 is 1.73 bits per heavy atom. The number of halogens is 2. The first-order chi connectivity index (χ1) is 5.15. The molecule has 0 atom stereocenters. The van der Waals surface area contributed by atoms with Gasteiger partial charge in [0, 0.05) is 0 Å². The first-order valence-corrected chi connectivity index (χ1v) is 3.85. The fourth-order valence-electron chi connectivity index (χ4n) is 0.715. The Hall–Kier alpha value is -0.540. The van der Waals surface area contributed by atoms with Crippen molar-refractivity contribution in [1.82, 2.24) is 9.97 Å². The molecule has 5 heteroatoms. The molecule has 1 heterocycles. The Morgan fingerprint density at radius 2 is 2.36 bits per heavy atom. The van der Waals surface area contributed by atoms with E-state index in [4.69, 9.17) is 23.2 Å². The standard InChI is InChI=1S/C6H6Cl2N2O/c1-2-3-4(7)10-6(9-3)5(8)11/h2H2,1H3,(H,9,10).